The van der Waals surface area contributed by atoms with Crippen LogP contribution in [0, 0.1) is 0 Å². The van der Waals surface area contributed by atoms with Crippen LogP contribution in [0.2, 0.25) is 0 Å². The zero-order valence-corrected chi connectivity index (χ0v) is 13.0. The molecule has 0 radical (unpaired) electrons. The number of imidazole rings is 1. The first-order chi connectivity index (χ1) is 11.2. The second-order valence-corrected chi connectivity index (χ2v) is 5.38. The molecule has 0 aliphatic carbocycles. The monoisotopic (exact) mass is 309 g/mol. The van der Waals surface area contributed by atoms with Gasteiger partial charge in [-0.25, -0.2) is 4.98 Å². The predicted octanol–water partition coefficient (Wildman–Crippen LogP) is 3.28. The first kappa shape index (κ1) is 15.2. The van der Waals surface area contributed by atoms with Crippen molar-refractivity contribution in [1.29, 1.82) is 0 Å². The van der Waals surface area contributed by atoms with Gasteiger partial charge < -0.3 is 15.0 Å². The first-order valence-corrected chi connectivity index (χ1v) is 7.56. The fraction of sp³-hybridized carbons (Fsp3) is 0.222. The second kappa shape index (κ2) is 7.07. The van der Waals surface area contributed by atoms with Gasteiger partial charge in [0.15, 0.2) is 0 Å². The normalized spacial score (nSPS) is 10.8. The van der Waals surface area contributed by atoms with Crippen LogP contribution in [0.5, 0.6) is 0 Å². The molecule has 5 nitrogen and oxygen atoms in total. The van der Waals surface area contributed by atoms with Crippen molar-refractivity contribution < 1.29 is 9.53 Å². The van der Waals surface area contributed by atoms with Gasteiger partial charge in [0.05, 0.1) is 11.0 Å². The average molecular weight is 309 g/mol. The minimum absolute atomic E-state index is 0.00448. The Morgan fingerprint density at radius 3 is 2.83 bits per heavy atom. The van der Waals surface area contributed by atoms with Crippen LogP contribution in [-0.2, 0) is 22.6 Å². The van der Waals surface area contributed by atoms with E-state index >= 15 is 0 Å². The summed E-state index contributed by atoms with van der Waals surface area (Å²) in [4.78, 5) is 19.7. The largest absolute Gasteiger partial charge is 0.377 e. The number of H-pyrrole nitrogens is 1. The number of aromatic nitrogens is 2. The fourth-order valence-electron chi connectivity index (χ4n) is 2.47. The summed E-state index contributed by atoms with van der Waals surface area (Å²) >= 11 is 0. The molecular weight excluding hydrogens is 290 g/mol. The number of aryl methyl sites for hydroxylation is 1. The zero-order chi connectivity index (χ0) is 16.1. The number of benzene rings is 2. The highest BCUT2D eigenvalue weighted by Gasteiger charge is 2.06. The number of rotatable bonds is 6. The number of nitrogens with one attached hydrogen (secondary N) is 2. The molecule has 0 unspecified atom stereocenters. The highest BCUT2D eigenvalue weighted by Crippen LogP contribution is 2.18. The maximum Gasteiger partial charge on any atom is 0.224 e. The van der Waals surface area contributed by atoms with Crippen LogP contribution >= 0.6 is 0 Å². The molecule has 5 heteroatoms. The van der Waals surface area contributed by atoms with Gasteiger partial charge in [0.2, 0.25) is 5.91 Å². The Hall–Kier alpha value is -2.66. The van der Waals surface area contributed by atoms with Crippen LogP contribution in [0.3, 0.4) is 0 Å². The number of anilines is 1. The Balaban J connectivity index is 1.62. The van der Waals surface area contributed by atoms with Gasteiger partial charge in [0.25, 0.3) is 0 Å². The number of carbonyl (C=O) groups excluding carboxylic acids is 1. The van der Waals surface area contributed by atoms with Crippen LogP contribution in [0.1, 0.15) is 17.8 Å². The summed E-state index contributed by atoms with van der Waals surface area (Å²) < 4.78 is 5.06. The van der Waals surface area contributed by atoms with Crippen molar-refractivity contribution in [1.82, 2.24) is 9.97 Å². The summed E-state index contributed by atoms with van der Waals surface area (Å²) in [6.45, 7) is 0.438. The number of methoxy groups -OCH3 is 1. The number of nitrogens with zero attached hydrogens (tertiary/aromatic N) is 1. The Bertz CT molecular complexity index is 796. The topological polar surface area (TPSA) is 67.0 Å². The zero-order valence-electron chi connectivity index (χ0n) is 13.0. The van der Waals surface area contributed by atoms with Gasteiger partial charge in [-0.05, 0) is 30.2 Å². The number of amides is 1. The highest BCUT2D eigenvalue weighted by atomic mass is 16.5. The van der Waals surface area contributed by atoms with Crippen molar-refractivity contribution in [3.63, 3.8) is 0 Å². The fourth-order valence-corrected chi connectivity index (χ4v) is 2.47. The molecule has 1 aromatic heterocycles. The molecule has 0 fully saturated rings. The van der Waals surface area contributed by atoms with Gasteiger partial charge >= 0.3 is 0 Å². The lowest BCUT2D eigenvalue weighted by Crippen LogP contribution is -2.12. The van der Waals surface area contributed by atoms with E-state index in [1.807, 2.05) is 48.5 Å². The lowest BCUT2D eigenvalue weighted by Gasteiger charge is -2.05. The smallest absolute Gasteiger partial charge is 0.224 e. The number of hydrogen-bond acceptors (Lipinski definition) is 3. The summed E-state index contributed by atoms with van der Waals surface area (Å²) in [5.41, 5.74) is 3.68. The molecule has 3 rings (SSSR count). The van der Waals surface area contributed by atoms with E-state index in [2.05, 4.69) is 15.3 Å². The predicted molar refractivity (Wildman–Crippen MR) is 90.2 cm³/mol. The van der Waals surface area contributed by atoms with E-state index in [0.29, 0.717) is 13.0 Å². The summed E-state index contributed by atoms with van der Waals surface area (Å²) in [6.07, 6.45) is 1.19. The lowest BCUT2D eigenvalue weighted by molar-refractivity contribution is -0.116. The number of aromatic amines is 1. The number of fused-ring (bicyclic) bond motifs is 1. The number of carbonyl (C=O) groups is 1. The van der Waals surface area contributed by atoms with Crippen molar-refractivity contribution in [2.24, 2.45) is 0 Å². The van der Waals surface area contributed by atoms with Gasteiger partial charge in [0.1, 0.15) is 12.4 Å². The SMILES string of the molecule is COCc1nc2ccc(NC(=O)CCc3ccccc3)cc2[nH]1. The summed E-state index contributed by atoms with van der Waals surface area (Å²) in [5, 5.41) is 2.93. The Morgan fingerprint density at radius 2 is 2.04 bits per heavy atom. The number of ether oxygens (including phenoxy) is 1. The van der Waals surface area contributed by atoms with Crippen LogP contribution < -0.4 is 5.32 Å². The molecule has 0 aliphatic rings. The van der Waals surface area contributed by atoms with Gasteiger partial charge in [-0.15, -0.1) is 0 Å². The minimum Gasteiger partial charge on any atom is -0.377 e. The standard InChI is InChI=1S/C18H19N3O2/c1-23-12-17-20-15-9-8-14(11-16(15)21-17)19-18(22)10-7-13-5-3-2-4-6-13/h2-6,8-9,11H,7,10,12H2,1H3,(H,19,22)(H,20,21). The lowest BCUT2D eigenvalue weighted by atomic mass is 10.1. The highest BCUT2D eigenvalue weighted by molar-refractivity contribution is 5.93. The molecular formula is C18H19N3O2. The molecule has 1 amide bonds. The molecule has 0 aliphatic heterocycles. The van der Waals surface area contributed by atoms with E-state index in [0.717, 1.165) is 34.5 Å². The summed E-state index contributed by atoms with van der Waals surface area (Å²) in [6, 6.07) is 15.6. The first-order valence-electron chi connectivity index (χ1n) is 7.56. The summed E-state index contributed by atoms with van der Waals surface area (Å²) in [7, 11) is 1.63. The average Bonchev–Trinajstić information content (AvgIpc) is 2.96. The molecule has 3 aromatic rings. The maximum absolute atomic E-state index is 12.1. The summed E-state index contributed by atoms with van der Waals surface area (Å²) in [5.74, 6) is 0.778. The molecule has 0 atom stereocenters. The third-order valence-corrected chi connectivity index (χ3v) is 3.58. The van der Waals surface area contributed by atoms with Gasteiger partial charge in [-0.3, -0.25) is 4.79 Å². The molecule has 0 spiro atoms. The van der Waals surface area contributed by atoms with Crippen molar-refractivity contribution in [2.45, 2.75) is 19.4 Å². The number of hydrogen-bond donors (Lipinski definition) is 2. The van der Waals surface area contributed by atoms with E-state index in [1.165, 1.54) is 0 Å². The van der Waals surface area contributed by atoms with E-state index < -0.39 is 0 Å². The molecule has 118 valence electrons. The quantitative estimate of drug-likeness (QED) is 0.734. The molecule has 1 heterocycles. The molecule has 23 heavy (non-hydrogen) atoms. The molecule has 2 N–H and O–H groups in total. The Kier molecular flexibility index (Phi) is 4.68. The second-order valence-electron chi connectivity index (χ2n) is 5.38. The van der Waals surface area contributed by atoms with Gasteiger partial charge in [-0.2, -0.15) is 0 Å². The van der Waals surface area contributed by atoms with Crippen molar-refractivity contribution >= 4 is 22.6 Å². The Morgan fingerprint density at radius 1 is 1.22 bits per heavy atom. The van der Waals surface area contributed by atoms with Gasteiger partial charge in [-0.1, -0.05) is 30.3 Å². The van der Waals surface area contributed by atoms with E-state index in [1.54, 1.807) is 7.11 Å². The van der Waals surface area contributed by atoms with Crippen LogP contribution in [-0.4, -0.2) is 23.0 Å². The maximum atomic E-state index is 12.1. The van der Waals surface area contributed by atoms with E-state index in [9.17, 15) is 4.79 Å². The molecule has 0 saturated heterocycles. The minimum atomic E-state index is 0.00448. The van der Waals surface area contributed by atoms with Crippen molar-refractivity contribution in [3.8, 4) is 0 Å². The van der Waals surface area contributed by atoms with Crippen LogP contribution in [0.15, 0.2) is 48.5 Å². The van der Waals surface area contributed by atoms with Crippen LogP contribution in [0.25, 0.3) is 11.0 Å². The van der Waals surface area contributed by atoms with Gasteiger partial charge in [0, 0.05) is 19.2 Å². The van der Waals surface area contributed by atoms with Crippen molar-refractivity contribution in [2.75, 3.05) is 12.4 Å². The third kappa shape index (κ3) is 3.96. The van der Waals surface area contributed by atoms with E-state index in [4.69, 9.17) is 4.74 Å². The van der Waals surface area contributed by atoms with Crippen molar-refractivity contribution in [3.05, 3.63) is 59.9 Å². The molecule has 2 aromatic carbocycles. The molecule has 0 saturated carbocycles. The molecule has 0 bridgehead atoms. The Labute approximate surface area is 134 Å². The van der Waals surface area contributed by atoms with Crippen LogP contribution in [0.4, 0.5) is 5.69 Å². The van der Waals surface area contributed by atoms with E-state index in [-0.39, 0.29) is 5.91 Å². The third-order valence-electron chi connectivity index (χ3n) is 3.58.